The predicted molar refractivity (Wildman–Crippen MR) is 95.4 cm³/mol. The van der Waals surface area contributed by atoms with Crippen LogP contribution in [0.5, 0.6) is 5.75 Å². The molecule has 1 N–H and O–H groups in total. The van der Waals surface area contributed by atoms with Gasteiger partial charge in [0.1, 0.15) is 5.75 Å². The number of carbonyl (C=O) groups excluding carboxylic acids is 1. The van der Waals surface area contributed by atoms with Crippen LogP contribution in [0.3, 0.4) is 0 Å². The molecule has 0 fully saturated rings. The summed E-state index contributed by atoms with van der Waals surface area (Å²) in [5, 5.41) is 10.5. The van der Waals surface area contributed by atoms with Crippen LogP contribution in [0, 0.1) is 0 Å². The van der Waals surface area contributed by atoms with E-state index in [1.807, 2.05) is 12.1 Å². The van der Waals surface area contributed by atoms with Gasteiger partial charge in [0, 0.05) is 12.6 Å². The molecular weight excluding hydrogens is 290 g/mol. The number of aryl methyl sites for hydroxylation is 1. The number of methoxy groups -OCH3 is 1. The van der Waals surface area contributed by atoms with E-state index in [1.54, 1.807) is 7.05 Å². The molecule has 0 aromatic heterocycles. The van der Waals surface area contributed by atoms with Gasteiger partial charge in [-0.15, -0.1) is 0 Å². The third-order valence-electron chi connectivity index (χ3n) is 4.17. The number of unbranched alkanes of at least 4 members (excludes halogenated alkanes) is 4. The Morgan fingerprint density at radius 1 is 1.09 bits per heavy atom. The fourth-order valence-electron chi connectivity index (χ4n) is 2.74. The average molecular weight is 321 g/mol. The highest BCUT2D eigenvalue weighted by molar-refractivity contribution is 5.88. The number of anilines is 1. The summed E-state index contributed by atoms with van der Waals surface area (Å²) in [6.07, 6.45) is 7.95. The Morgan fingerprint density at radius 3 is 2.39 bits per heavy atom. The number of benzene rings is 1. The molecular formula is C19H31NO3. The molecule has 130 valence electrons. The maximum Gasteiger partial charge on any atom is 0.413 e. The van der Waals surface area contributed by atoms with Crippen molar-refractivity contribution in [3.63, 3.8) is 0 Å². The molecule has 0 atom stereocenters. The highest BCUT2D eigenvalue weighted by Crippen LogP contribution is 2.33. The Balaban J connectivity index is 3.06. The summed E-state index contributed by atoms with van der Waals surface area (Å²) in [4.78, 5) is 13.4. The third-order valence-corrected chi connectivity index (χ3v) is 4.17. The average Bonchev–Trinajstić information content (AvgIpc) is 2.56. The quantitative estimate of drug-likeness (QED) is 0.647. The van der Waals surface area contributed by atoms with E-state index in [4.69, 9.17) is 4.74 Å². The summed E-state index contributed by atoms with van der Waals surface area (Å²) >= 11 is 0. The number of phenolic OH excluding ortho intramolecular Hbond substituents is 1. The fourth-order valence-corrected chi connectivity index (χ4v) is 2.74. The highest BCUT2D eigenvalue weighted by atomic mass is 16.5. The van der Waals surface area contributed by atoms with E-state index in [1.165, 1.54) is 24.9 Å². The summed E-state index contributed by atoms with van der Waals surface area (Å²) < 4.78 is 4.83. The lowest BCUT2D eigenvalue weighted by atomic mass is 9.98. The number of ether oxygens (including phenoxy) is 1. The van der Waals surface area contributed by atoms with Crippen molar-refractivity contribution in [3.8, 4) is 5.75 Å². The largest absolute Gasteiger partial charge is 0.508 e. The molecule has 0 aliphatic carbocycles. The number of hydrogen-bond donors (Lipinski definition) is 1. The summed E-state index contributed by atoms with van der Waals surface area (Å²) in [6, 6.07) is 3.86. The first kappa shape index (κ1) is 19.3. The fraction of sp³-hybridized carbons (Fsp3) is 0.632. The van der Waals surface area contributed by atoms with Crippen molar-refractivity contribution in [2.45, 2.75) is 65.2 Å². The van der Waals surface area contributed by atoms with Gasteiger partial charge in [-0.2, -0.15) is 0 Å². The highest BCUT2D eigenvalue weighted by Gasteiger charge is 2.18. The van der Waals surface area contributed by atoms with Gasteiger partial charge in [0.05, 0.1) is 12.8 Å². The van der Waals surface area contributed by atoms with Gasteiger partial charge in [-0.25, -0.2) is 4.79 Å². The molecule has 0 bridgehead atoms. The molecule has 4 nitrogen and oxygen atoms in total. The van der Waals surface area contributed by atoms with Crippen molar-refractivity contribution in [1.82, 2.24) is 0 Å². The lowest BCUT2D eigenvalue weighted by Gasteiger charge is -2.21. The molecule has 0 saturated heterocycles. The van der Waals surface area contributed by atoms with Crippen molar-refractivity contribution in [2.75, 3.05) is 19.1 Å². The van der Waals surface area contributed by atoms with Gasteiger partial charge < -0.3 is 9.84 Å². The molecule has 0 heterocycles. The summed E-state index contributed by atoms with van der Waals surface area (Å²) in [5.41, 5.74) is 2.67. The molecule has 1 rings (SSSR count). The number of carbonyl (C=O) groups is 1. The number of phenols is 1. The van der Waals surface area contributed by atoms with E-state index in [9.17, 15) is 9.90 Å². The van der Waals surface area contributed by atoms with Crippen molar-refractivity contribution >= 4 is 11.8 Å². The maximum atomic E-state index is 11.9. The van der Waals surface area contributed by atoms with Gasteiger partial charge in [0.25, 0.3) is 0 Å². The molecule has 4 heteroatoms. The van der Waals surface area contributed by atoms with Crippen LogP contribution in [-0.2, 0) is 17.6 Å². The van der Waals surface area contributed by atoms with E-state index < -0.39 is 6.09 Å². The maximum absolute atomic E-state index is 11.9. The van der Waals surface area contributed by atoms with E-state index in [0.717, 1.165) is 55.3 Å². The third kappa shape index (κ3) is 5.77. The minimum atomic E-state index is -0.410. The number of hydrogen-bond acceptors (Lipinski definition) is 3. The molecule has 0 saturated carbocycles. The first-order valence-corrected chi connectivity index (χ1v) is 8.71. The summed E-state index contributed by atoms with van der Waals surface area (Å²) in [5.74, 6) is 0.292. The van der Waals surface area contributed by atoms with Crippen LogP contribution in [0.1, 0.15) is 63.5 Å². The van der Waals surface area contributed by atoms with Gasteiger partial charge in [0.15, 0.2) is 0 Å². The molecule has 0 radical (unpaired) electrons. The first-order chi connectivity index (χ1) is 11.0. The number of amides is 1. The molecule has 0 aliphatic heterocycles. The Morgan fingerprint density at radius 2 is 1.78 bits per heavy atom. The van der Waals surface area contributed by atoms with Crippen molar-refractivity contribution in [2.24, 2.45) is 0 Å². The van der Waals surface area contributed by atoms with Gasteiger partial charge in [-0.05, 0) is 43.4 Å². The molecule has 0 spiro atoms. The van der Waals surface area contributed by atoms with Crippen molar-refractivity contribution < 1.29 is 14.6 Å². The zero-order valence-electron chi connectivity index (χ0n) is 15.0. The van der Waals surface area contributed by atoms with Gasteiger partial charge >= 0.3 is 6.09 Å². The smallest absolute Gasteiger partial charge is 0.413 e. The lowest BCUT2D eigenvalue weighted by molar-refractivity contribution is 0.180. The minimum absolute atomic E-state index is 0.292. The Bertz CT molecular complexity index is 500. The van der Waals surface area contributed by atoms with Crippen LogP contribution in [-0.4, -0.2) is 25.4 Å². The van der Waals surface area contributed by atoms with Crippen LogP contribution in [0.2, 0.25) is 0 Å². The number of rotatable bonds is 9. The first-order valence-electron chi connectivity index (χ1n) is 8.71. The Kier molecular flexibility index (Phi) is 8.52. The normalized spacial score (nSPS) is 10.6. The molecule has 1 aromatic rings. The Hall–Kier alpha value is -1.71. The number of aromatic hydroxyl groups is 1. The van der Waals surface area contributed by atoms with Gasteiger partial charge in [-0.1, -0.05) is 39.5 Å². The molecule has 1 amide bonds. The SMILES string of the molecule is CCCCCCc1c(O)cc(CCCC)cc1N(C)C(=O)OC. The van der Waals surface area contributed by atoms with Crippen molar-refractivity contribution in [1.29, 1.82) is 0 Å². The molecule has 23 heavy (non-hydrogen) atoms. The Labute approximate surface area is 140 Å². The van der Waals surface area contributed by atoms with E-state index in [0.29, 0.717) is 5.75 Å². The molecule has 0 aliphatic rings. The van der Waals surface area contributed by atoms with Crippen LogP contribution in [0.15, 0.2) is 12.1 Å². The standard InChI is InChI=1S/C19H31NO3/c1-5-7-9-10-12-16-17(20(3)19(22)23-4)13-15(11-8-6-2)14-18(16)21/h13-14,21H,5-12H2,1-4H3. The van der Waals surface area contributed by atoms with Gasteiger partial charge in [-0.3, -0.25) is 4.90 Å². The van der Waals surface area contributed by atoms with Crippen LogP contribution in [0.25, 0.3) is 0 Å². The van der Waals surface area contributed by atoms with Crippen molar-refractivity contribution in [3.05, 3.63) is 23.3 Å². The summed E-state index contributed by atoms with van der Waals surface area (Å²) in [6.45, 7) is 4.32. The van der Waals surface area contributed by atoms with E-state index in [2.05, 4.69) is 13.8 Å². The zero-order valence-corrected chi connectivity index (χ0v) is 15.0. The topological polar surface area (TPSA) is 49.8 Å². The minimum Gasteiger partial charge on any atom is -0.508 e. The lowest BCUT2D eigenvalue weighted by Crippen LogP contribution is -2.27. The summed E-state index contributed by atoms with van der Waals surface area (Å²) in [7, 11) is 3.07. The van der Waals surface area contributed by atoms with E-state index >= 15 is 0 Å². The van der Waals surface area contributed by atoms with E-state index in [-0.39, 0.29) is 0 Å². The second-order valence-corrected chi connectivity index (χ2v) is 6.06. The van der Waals surface area contributed by atoms with Crippen LogP contribution < -0.4 is 4.90 Å². The predicted octanol–water partition coefficient (Wildman–Crippen LogP) is 5.06. The molecule has 1 aromatic carbocycles. The second-order valence-electron chi connectivity index (χ2n) is 6.06. The second kappa shape index (κ2) is 10.1. The number of nitrogens with zero attached hydrogens (tertiary/aromatic N) is 1. The van der Waals surface area contributed by atoms with Gasteiger partial charge in [0.2, 0.25) is 0 Å². The molecule has 0 unspecified atom stereocenters. The zero-order chi connectivity index (χ0) is 17.2. The van der Waals surface area contributed by atoms with Crippen LogP contribution in [0.4, 0.5) is 10.5 Å². The monoisotopic (exact) mass is 321 g/mol. The van der Waals surface area contributed by atoms with Crippen LogP contribution >= 0.6 is 0 Å².